The number of nitrogens with zero attached hydrogens (tertiary/aromatic N) is 2. The minimum Gasteiger partial charge on any atom is -0.478 e. The molecule has 1 fully saturated rings. The number of carboxylic acid groups (broad SMARTS) is 1. The van der Waals surface area contributed by atoms with E-state index in [2.05, 4.69) is 48.4 Å². The van der Waals surface area contributed by atoms with Crippen LogP contribution >= 0.6 is 23.8 Å². The summed E-state index contributed by atoms with van der Waals surface area (Å²) in [4.78, 5) is 18.1. The Morgan fingerprint density at radius 2 is 1.89 bits per heavy atom. The van der Waals surface area contributed by atoms with Crippen LogP contribution in [-0.4, -0.2) is 21.2 Å². The van der Waals surface area contributed by atoms with E-state index in [4.69, 9.17) is 28.2 Å². The highest BCUT2D eigenvalue weighted by molar-refractivity contribution is 7.80. The summed E-state index contributed by atoms with van der Waals surface area (Å²) in [6.45, 7) is 4.32. The van der Waals surface area contributed by atoms with Gasteiger partial charge in [-0.3, -0.25) is 4.98 Å². The quantitative estimate of drug-likeness (QED) is 0.267. The fraction of sp³-hybridized carbons (Fsp3) is 0.179. The van der Waals surface area contributed by atoms with Crippen LogP contribution in [0.15, 0.2) is 83.4 Å². The Balaban J connectivity index is 1.59. The summed E-state index contributed by atoms with van der Waals surface area (Å²) < 4.78 is 6.34. The van der Waals surface area contributed by atoms with Gasteiger partial charge in [0, 0.05) is 17.4 Å². The summed E-state index contributed by atoms with van der Waals surface area (Å²) >= 11 is 12.2. The second kappa shape index (κ2) is 9.76. The van der Waals surface area contributed by atoms with Gasteiger partial charge in [-0.1, -0.05) is 43.6 Å². The average Bonchev–Trinajstić information content (AvgIpc) is 3.49. The molecule has 1 aliphatic heterocycles. The van der Waals surface area contributed by atoms with Gasteiger partial charge < -0.3 is 19.7 Å². The number of anilines is 1. The Kier molecular flexibility index (Phi) is 6.51. The molecule has 5 rings (SSSR count). The monoisotopic (exact) mass is 517 g/mol. The number of halogens is 1. The normalized spacial score (nSPS) is 17.4. The van der Waals surface area contributed by atoms with Crippen molar-refractivity contribution >= 4 is 40.6 Å². The summed E-state index contributed by atoms with van der Waals surface area (Å²) in [5.41, 5.74) is 3.65. The third-order valence-corrected chi connectivity index (χ3v) is 6.98. The number of benzene rings is 2. The Bertz CT molecular complexity index is 1420. The number of pyridine rings is 1. The highest BCUT2D eigenvalue weighted by atomic mass is 35.5. The van der Waals surface area contributed by atoms with E-state index in [0.717, 1.165) is 11.4 Å². The highest BCUT2D eigenvalue weighted by Crippen LogP contribution is 2.43. The molecule has 0 spiro atoms. The summed E-state index contributed by atoms with van der Waals surface area (Å²) in [6.07, 6.45) is 1.75. The zero-order valence-corrected chi connectivity index (χ0v) is 21.3. The maximum Gasteiger partial charge on any atom is 0.335 e. The average molecular weight is 518 g/mol. The zero-order valence-electron chi connectivity index (χ0n) is 19.7. The van der Waals surface area contributed by atoms with E-state index < -0.39 is 5.97 Å². The molecule has 3 heterocycles. The molecule has 4 aromatic rings. The molecule has 0 unspecified atom stereocenters. The Morgan fingerprint density at radius 3 is 2.56 bits per heavy atom. The number of hydrogen-bond acceptors (Lipinski definition) is 4. The third-order valence-electron chi connectivity index (χ3n) is 6.33. The molecular weight excluding hydrogens is 494 g/mol. The van der Waals surface area contributed by atoms with Crippen LogP contribution in [0.5, 0.6) is 0 Å². The van der Waals surface area contributed by atoms with Crippen LogP contribution in [0.1, 0.15) is 59.2 Å². The lowest BCUT2D eigenvalue weighted by molar-refractivity contribution is 0.0697. The molecule has 6 nitrogen and oxygen atoms in total. The molecule has 2 aromatic heterocycles. The first-order valence-corrected chi connectivity index (χ1v) is 12.4. The van der Waals surface area contributed by atoms with E-state index in [1.807, 2.05) is 29.2 Å². The molecule has 2 aromatic carbocycles. The van der Waals surface area contributed by atoms with Crippen LogP contribution in [0.4, 0.5) is 5.69 Å². The van der Waals surface area contributed by atoms with Gasteiger partial charge in [0.1, 0.15) is 17.6 Å². The van der Waals surface area contributed by atoms with Crippen molar-refractivity contribution in [2.75, 3.05) is 4.90 Å². The number of furan rings is 1. The molecular formula is C28H24ClN3O3S. The van der Waals surface area contributed by atoms with Crippen molar-refractivity contribution in [2.45, 2.75) is 31.8 Å². The molecule has 8 heteroatoms. The van der Waals surface area contributed by atoms with Crippen LogP contribution in [0.25, 0.3) is 11.3 Å². The molecule has 0 aliphatic carbocycles. The molecule has 0 radical (unpaired) electrons. The van der Waals surface area contributed by atoms with Crippen molar-refractivity contribution < 1.29 is 14.3 Å². The second-order valence-electron chi connectivity index (χ2n) is 8.94. The number of aromatic nitrogens is 1. The minimum atomic E-state index is -1.03. The van der Waals surface area contributed by atoms with Gasteiger partial charge in [0.15, 0.2) is 5.11 Å². The van der Waals surface area contributed by atoms with Crippen molar-refractivity contribution in [3.8, 4) is 11.3 Å². The zero-order chi connectivity index (χ0) is 25.4. The summed E-state index contributed by atoms with van der Waals surface area (Å²) in [6, 6.07) is 21.8. The van der Waals surface area contributed by atoms with Crippen LogP contribution in [-0.2, 0) is 0 Å². The third kappa shape index (κ3) is 4.47. The van der Waals surface area contributed by atoms with Crippen LogP contribution < -0.4 is 10.2 Å². The van der Waals surface area contributed by atoms with Gasteiger partial charge in [0.05, 0.1) is 22.3 Å². The van der Waals surface area contributed by atoms with Gasteiger partial charge in [-0.15, -0.1) is 0 Å². The van der Waals surface area contributed by atoms with E-state index in [-0.39, 0.29) is 17.6 Å². The molecule has 36 heavy (non-hydrogen) atoms. The Labute approximate surface area is 219 Å². The predicted molar refractivity (Wildman–Crippen MR) is 145 cm³/mol. The first-order chi connectivity index (χ1) is 17.3. The van der Waals surface area contributed by atoms with Crippen LogP contribution in [0.2, 0.25) is 5.02 Å². The van der Waals surface area contributed by atoms with Gasteiger partial charge in [0.2, 0.25) is 0 Å². The number of carbonyl (C=O) groups is 1. The standard InChI is InChI=1S/C28H24ClN3O3S/c1-16(2)17-6-9-19(10-7-17)32-26(25(31-28(32)36)22-5-3-4-14-30-22)24-13-12-23(35-24)20-15-18(27(33)34)8-11-21(20)29/h3-16,25-26H,1-2H3,(H,31,36)(H,33,34)/t25-,26+/m0/s1. The number of nitrogens with one attached hydrogen (secondary N) is 1. The molecule has 0 saturated carbocycles. The number of rotatable bonds is 6. The van der Waals surface area contributed by atoms with Crippen molar-refractivity contribution in [2.24, 2.45) is 0 Å². The lowest BCUT2D eigenvalue weighted by Gasteiger charge is -2.26. The van der Waals surface area contributed by atoms with Gasteiger partial charge >= 0.3 is 5.97 Å². The predicted octanol–water partition coefficient (Wildman–Crippen LogP) is 6.99. The maximum absolute atomic E-state index is 11.5. The largest absolute Gasteiger partial charge is 0.478 e. The molecule has 1 saturated heterocycles. The van der Waals surface area contributed by atoms with Crippen LogP contribution in [0.3, 0.4) is 0 Å². The molecule has 0 amide bonds. The second-order valence-corrected chi connectivity index (χ2v) is 9.74. The van der Waals surface area contributed by atoms with Crippen molar-refractivity contribution in [1.29, 1.82) is 0 Å². The first kappa shape index (κ1) is 24.0. The molecule has 2 N–H and O–H groups in total. The van der Waals surface area contributed by atoms with E-state index in [1.165, 1.54) is 17.7 Å². The van der Waals surface area contributed by atoms with Crippen molar-refractivity contribution in [3.05, 3.63) is 107 Å². The maximum atomic E-state index is 11.5. The lowest BCUT2D eigenvalue weighted by atomic mass is 10.0. The number of thiocarbonyl (C=S) groups is 1. The molecule has 182 valence electrons. The van der Waals surface area contributed by atoms with E-state index >= 15 is 0 Å². The molecule has 2 atom stereocenters. The Morgan fingerprint density at radius 1 is 1.11 bits per heavy atom. The fourth-order valence-corrected chi connectivity index (χ4v) is 5.00. The molecule has 1 aliphatic rings. The van der Waals surface area contributed by atoms with Gasteiger partial charge in [-0.05, 0) is 78.3 Å². The van der Waals surface area contributed by atoms with Crippen molar-refractivity contribution in [3.63, 3.8) is 0 Å². The van der Waals surface area contributed by atoms with E-state index in [9.17, 15) is 9.90 Å². The molecule has 0 bridgehead atoms. The highest BCUT2D eigenvalue weighted by Gasteiger charge is 2.42. The lowest BCUT2D eigenvalue weighted by Crippen LogP contribution is -2.29. The SMILES string of the molecule is CC(C)c1ccc(N2C(=S)N[C@@H](c3ccccn3)[C@H]2c2ccc(-c3cc(C(=O)O)ccc3Cl)o2)cc1. The number of aromatic carboxylic acids is 1. The van der Waals surface area contributed by atoms with Gasteiger partial charge in [0.25, 0.3) is 0 Å². The number of hydrogen-bond donors (Lipinski definition) is 2. The first-order valence-electron chi connectivity index (χ1n) is 11.6. The summed E-state index contributed by atoms with van der Waals surface area (Å²) in [5, 5.41) is 13.8. The topological polar surface area (TPSA) is 78.6 Å². The minimum absolute atomic E-state index is 0.134. The summed E-state index contributed by atoms with van der Waals surface area (Å²) in [7, 11) is 0. The van der Waals surface area contributed by atoms with Gasteiger partial charge in [-0.2, -0.15) is 0 Å². The van der Waals surface area contributed by atoms with E-state index in [1.54, 1.807) is 18.3 Å². The fourth-order valence-electron chi connectivity index (χ4n) is 4.45. The van der Waals surface area contributed by atoms with Crippen LogP contribution in [0, 0.1) is 0 Å². The number of carboxylic acids is 1. The summed E-state index contributed by atoms with van der Waals surface area (Å²) in [5.74, 6) is 0.513. The smallest absolute Gasteiger partial charge is 0.335 e. The van der Waals surface area contributed by atoms with Gasteiger partial charge in [-0.25, -0.2) is 4.79 Å². The van der Waals surface area contributed by atoms with Crippen molar-refractivity contribution in [1.82, 2.24) is 10.3 Å². The van der Waals surface area contributed by atoms with E-state index in [0.29, 0.717) is 33.1 Å². The Hall–Kier alpha value is -3.68.